The van der Waals surface area contributed by atoms with Gasteiger partial charge in [-0.3, -0.25) is 14.4 Å². The van der Waals surface area contributed by atoms with Crippen molar-refractivity contribution in [3.8, 4) is 11.5 Å². The zero-order chi connectivity index (χ0) is 23.9. The minimum Gasteiger partial charge on any atom is -0.485 e. The highest BCUT2D eigenvalue weighted by Gasteiger charge is 2.26. The van der Waals surface area contributed by atoms with E-state index in [1.807, 2.05) is 0 Å². The second kappa shape index (κ2) is 11.4. The molecule has 2 aliphatic rings. The highest BCUT2D eigenvalue weighted by atomic mass is 35.5. The quantitative estimate of drug-likeness (QED) is 0.517. The summed E-state index contributed by atoms with van der Waals surface area (Å²) < 4.78 is 16.6. The smallest absolute Gasteiger partial charge is 0.265 e. The zero-order valence-corrected chi connectivity index (χ0v) is 19.5. The molecule has 9 heteroatoms. The fourth-order valence-electron chi connectivity index (χ4n) is 3.90. The summed E-state index contributed by atoms with van der Waals surface area (Å²) in [6, 6.07) is 11.7. The van der Waals surface area contributed by atoms with Crippen LogP contribution < -0.4 is 19.7 Å². The number of carbonyl (C=O) groups excluding carboxylic acids is 3. The number of hydrogen-bond acceptors (Lipinski definition) is 6. The van der Waals surface area contributed by atoms with Crippen molar-refractivity contribution in [3.05, 3.63) is 53.1 Å². The maximum atomic E-state index is 12.7. The Kier molecular flexibility index (Phi) is 8.03. The number of ether oxygens (including phenoxy) is 3. The van der Waals surface area contributed by atoms with Crippen LogP contribution in [-0.4, -0.2) is 56.6 Å². The van der Waals surface area contributed by atoms with Crippen molar-refractivity contribution in [1.29, 1.82) is 0 Å². The van der Waals surface area contributed by atoms with Gasteiger partial charge in [-0.15, -0.1) is 0 Å². The molecule has 2 aromatic carbocycles. The first kappa shape index (κ1) is 24.0. The predicted octanol–water partition coefficient (Wildman–Crippen LogP) is 3.40. The Hall–Kier alpha value is -3.10. The van der Waals surface area contributed by atoms with E-state index in [0.717, 1.165) is 19.4 Å². The van der Waals surface area contributed by atoms with Gasteiger partial charge in [0.2, 0.25) is 5.91 Å². The number of benzene rings is 2. The van der Waals surface area contributed by atoms with Gasteiger partial charge in [0, 0.05) is 36.7 Å². The molecule has 0 spiro atoms. The van der Waals surface area contributed by atoms with Crippen molar-refractivity contribution in [2.24, 2.45) is 0 Å². The maximum Gasteiger partial charge on any atom is 0.265 e. The fourth-order valence-corrected chi connectivity index (χ4v) is 4.03. The van der Waals surface area contributed by atoms with Gasteiger partial charge in [0.05, 0.1) is 11.8 Å². The SMILES string of the molecule is O=C(CCCN1C(=O)COc2ccc(C(=O)COc3ccc(Cl)cc3)cc21)NCC1CCCO1. The molecule has 1 saturated heterocycles. The van der Waals surface area contributed by atoms with Crippen molar-refractivity contribution in [2.45, 2.75) is 31.8 Å². The van der Waals surface area contributed by atoms with Crippen molar-refractivity contribution in [3.63, 3.8) is 0 Å². The van der Waals surface area contributed by atoms with Crippen LogP contribution in [0.5, 0.6) is 11.5 Å². The highest BCUT2D eigenvalue weighted by Crippen LogP contribution is 2.33. The molecule has 0 bridgehead atoms. The number of nitrogens with zero attached hydrogens (tertiary/aromatic N) is 1. The number of halogens is 1. The van der Waals surface area contributed by atoms with Crippen LogP contribution in [0.1, 0.15) is 36.0 Å². The van der Waals surface area contributed by atoms with Gasteiger partial charge in [-0.2, -0.15) is 0 Å². The number of carbonyl (C=O) groups is 3. The number of ketones is 1. The first-order valence-electron chi connectivity index (χ1n) is 11.4. The summed E-state index contributed by atoms with van der Waals surface area (Å²) in [5.41, 5.74) is 0.929. The van der Waals surface area contributed by atoms with Crippen LogP contribution in [0, 0.1) is 0 Å². The molecule has 1 atom stereocenters. The molecule has 2 amide bonds. The van der Waals surface area contributed by atoms with E-state index in [4.69, 9.17) is 25.8 Å². The lowest BCUT2D eigenvalue weighted by molar-refractivity contribution is -0.123. The molecule has 1 fully saturated rings. The monoisotopic (exact) mass is 486 g/mol. The van der Waals surface area contributed by atoms with E-state index < -0.39 is 0 Å². The van der Waals surface area contributed by atoms with Crippen molar-refractivity contribution in [1.82, 2.24) is 5.32 Å². The molecular formula is C25H27ClN2O6. The minimum absolute atomic E-state index is 0.0697. The molecule has 8 nitrogen and oxygen atoms in total. The van der Waals surface area contributed by atoms with Crippen LogP contribution in [0.15, 0.2) is 42.5 Å². The Bertz CT molecular complexity index is 1040. The summed E-state index contributed by atoms with van der Waals surface area (Å²) in [4.78, 5) is 38.9. The van der Waals surface area contributed by atoms with Crippen LogP contribution in [0.3, 0.4) is 0 Å². The topological polar surface area (TPSA) is 94.2 Å². The number of hydrogen-bond donors (Lipinski definition) is 1. The standard InChI is InChI=1S/C25H27ClN2O6/c26-18-6-8-19(9-7-18)33-15-22(29)17-5-10-23-21(13-17)28(25(31)16-34-23)11-1-4-24(30)27-14-20-3-2-12-32-20/h5-10,13,20H,1-4,11-12,14-16H2,(H,27,30). The van der Waals surface area contributed by atoms with Crippen LogP contribution in [0.4, 0.5) is 5.69 Å². The van der Waals surface area contributed by atoms with Gasteiger partial charge in [0.1, 0.15) is 11.5 Å². The maximum absolute atomic E-state index is 12.7. The number of amides is 2. The van der Waals surface area contributed by atoms with Crippen molar-refractivity contribution >= 4 is 34.9 Å². The largest absolute Gasteiger partial charge is 0.485 e. The van der Waals surface area contributed by atoms with Crippen LogP contribution >= 0.6 is 11.6 Å². The van der Waals surface area contributed by atoms with Crippen LogP contribution in [0.2, 0.25) is 5.02 Å². The lowest BCUT2D eigenvalue weighted by Crippen LogP contribution is -2.40. The van der Waals surface area contributed by atoms with Gasteiger partial charge in [-0.1, -0.05) is 11.6 Å². The van der Waals surface area contributed by atoms with E-state index in [1.54, 1.807) is 47.4 Å². The molecule has 34 heavy (non-hydrogen) atoms. The molecule has 180 valence electrons. The number of rotatable bonds is 10. The van der Waals surface area contributed by atoms with E-state index in [9.17, 15) is 14.4 Å². The normalized spacial score (nSPS) is 17.1. The Balaban J connectivity index is 1.33. The Labute approximate surface area is 203 Å². The molecule has 1 unspecified atom stereocenters. The Morgan fingerprint density at radius 1 is 1.18 bits per heavy atom. The van der Waals surface area contributed by atoms with Gasteiger partial charge >= 0.3 is 0 Å². The van der Waals surface area contributed by atoms with Gasteiger partial charge in [-0.25, -0.2) is 0 Å². The third-order valence-corrected chi connectivity index (χ3v) is 6.00. The predicted molar refractivity (Wildman–Crippen MR) is 127 cm³/mol. The van der Waals surface area contributed by atoms with Gasteiger partial charge in [0.15, 0.2) is 19.0 Å². The average molecular weight is 487 g/mol. The zero-order valence-electron chi connectivity index (χ0n) is 18.8. The third-order valence-electron chi connectivity index (χ3n) is 5.74. The van der Waals surface area contributed by atoms with Gasteiger partial charge in [0.25, 0.3) is 5.91 Å². The fraction of sp³-hybridized carbons (Fsp3) is 0.400. The second-order valence-corrected chi connectivity index (χ2v) is 8.66. The molecule has 0 aromatic heterocycles. The van der Waals surface area contributed by atoms with E-state index in [-0.39, 0.29) is 36.9 Å². The second-order valence-electron chi connectivity index (χ2n) is 8.22. The number of anilines is 1. The summed E-state index contributed by atoms with van der Waals surface area (Å²) in [6.45, 7) is 1.38. The third kappa shape index (κ3) is 6.27. The van der Waals surface area contributed by atoms with Gasteiger partial charge in [-0.05, 0) is 61.7 Å². The Morgan fingerprint density at radius 3 is 2.76 bits per heavy atom. The molecule has 2 aromatic rings. The van der Waals surface area contributed by atoms with Gasteiger partial charge < -0.3 is 24.4 Å². The van der Waals surface area contributed by atoms with Crippen molar-refractivity contribution < 1.29 is 28.6 Å². The molecule has 0 aliphatic carbocycles. The molecule has 2 heterocycles. The van der Waals surface area contributed by atoms with E-state index in [2.05, 4.69) is 5.32 Å². The first-order chi connectivity index (χ1) is 16.5. The first-order valence-corrected chi connectivity index (χ1v) is 11.7. The van der Waals surface area contributed by atoms with Crippen molar-refractivity contribution in [2.75, 3.05) is 37.8 Å². The number of fused-ring (bicyclic) bond motifs is 1. The summed E-state index contributed by atoms with van der Waals surface area (Å²) >= 11 is 5.87. The lowest BCUT2D eigenvalue weighted by atomic mass is 10.1. The molecule has 0 saturated carbocycles. The molecular weight excluding hydrogens is 460 g/mol. The molecule has 4 rings (SSSR count). The summed E-state index contributed by atoms with van der Waals surface area (Å²) in [5, 5.41) is 3.47. The van der Waals surface area contributed by atoms with E-state index in [0.29, 0.717) is 53.7 Å². The molecule has 2 aliphatic heterocycles. The van der Waals surface area contributed by atoms with E-state index in [1.165, 1.54) is 0 Å². The highest BCUT2D eigenvalue weighted by molar-refractivity contribution is 6.30. The lowest BCUT2D eigenvalue weighted by Gasteiger charge is -2.29. The van der Waals surface area contributed by atoms with Crippen LogP contribution in [-0.2, 0) is 14.3 Å². The Morgan fingerprint density at radius 2 is 2.00 bits per heavy atom. The van der Waals surface area contributed by atoms with E-state index >= 15 is 0 Å². The summed E-state index contributed by atoms with van der Waals surface area (Å²) in [5.74, 6) is 0.546. The minimum atomic E-state index is -0.232. The molecule has 0 radical (unpaired) electrons. The summed E-state index contributed by atoms with van der Waals surface area (Å²) in [6.07, 6.45) is 2.86. The molecule has 1 N–H and O–H groups in total. The number of Topliss-reactive ketones (excluding diaryl/α,β-unsaturated/α-hetero) is 1. The summed E-state index contributed by atoms with van der Waals surface area (Å²) in [7, 11) is 0. The van der Waals surface area contributed by atoms with Crippen LogP contribution in [0.25, 0.3) is 0 Å². The average Bonchev–Trinajstić information content (AvgIpc) is 3.37. The number of nitrogens with one attached hydrogen (secondary N) is 1.